The monoisotopic (exact) mass is 403 g/mol. The molecule has 28 heavy (non-hydrogen) atoms. The van der Waals surface area contributed by atoms with Gasteiger partial charge in [-0.3, -0.25) is 9.59 Å². The van der Waals surface area contributed by atoms with Gasteiger partial charge in [-0.25, -0.2) is 0 Å². The Bertz CT molecular complexity index is 904. The van der Waals surface area contributed by atoms with Crippen LogP contribution in [0.1, 0.15) is 44.1 Å². The maximum absolute atomic E-state index is 12.8. The number of Topliss-reactive ketones (excluding diaryl/α,β-unsaturated/α-hetero) is 1. The van der Waals surface area contributed by atoms with Gasteiger partial charge in [0.15, 0.2) is 0 Å². The predicted octanol–water partition coefficient (Wildman–Crippen LogP) is 4.55. The number of aliphatic hydroxyl groups is 1. The molecule has 1 N–H and O–H groups in total. The van der Waals surface area contributed by atoms with Crippen molar-refractivity contribution >= 4 is 29.1 Å². The van der Waals surface area contributed by atoms with E-state index in [2.05, 4.69) is 0 Å². The molecule has 0 aliphatic carbocycles. The van der Waals surface area contributed by atoms with Crippen molar-refractivity contribution in [2.45, 2.75) is 32.7 Å². The largest absolute Gasteiger partial charge is 0.507 e. The topological polar surface area (TPSA) is 80.0 Å². The third kappa shape index (κ3) is 3.64. The second-order valence-corrected chi connectivity index (χ2v) is 6.85. The van der Waals surface area contributed by atoms with E-state index < -0.39 is 17.7 Å². The first-order chi connectivity index (χ1) is 13.5. The number of furan rings is 1. The normalized spacial score (nSPS) is 18.7. The molecule has 1 fully saturated rings. The summed E-state index contributed by atoms with van der Waals surface area (Å²) < 4.78 is 10.9. The van der Waals surface area contributed by atoms with Crippen molar-refractivity contribution in [1.29, 1.82) is 0 Å². The zero-order valence-electron chi connectivity index (χ0n) is 15.8. The summed E-state index contributed by atoms with van der Waals surface area (Å²) in [5.74, 6) is -0.839. The quantitative estimate of drug-likeness (QED) is 0.416. The van der Waals surface area contributed by atoms with Gasteiger partial charge in [-0.1, -0.05) is 24.9 Å². The number of aliphatic hydroxyl groups excluding tert-OH is 1. The van der Waals surface area contributed by atoms with Crippen LogP contribution in [-0.4, -0.2) is 34.8 Å². The van der Waals surface area contributed by atoms with Crippen molar-refractivity contribution in [2.75, 3.05) is 13.2 Å². The minimum Gasteiger partial charge on any atom is -0.507 e. The van der Waals surface area contributed by atoms with Crippen molar-refractivity contribution in [1.82, 2.24) is 4.90 Å². The van der Waals surface area contributed by atoms with E-state index in [4.69, 9.17) is 20.8 Å². The van der Waals surface area contributed by atoms with Crippen LogP contribution >= 0.6 is 11.6 Å². The molecule has 7 heteroatoms. The van der Waals surface area contributed by atoms with Gasteiger partial charge in [0.05, 0.1) is 23.5 Å². The van der Waals surface area contributed by atoms with Crippen LogP contribution in [-0.2, 0) is 9.59 Å². The van der Waals surface area contributed by atoms with E-state index in [1.54, 1.807) is 30.3 Å². The minimum atomic E-state index is -0.771. The summed E-state index contributed by atoms with van der Waals surface area (Å²) in [6.45, 7) is 4.62. The van der Waals surface area contributed by atoms with Crippen LogP contribution in [0.2, 0.25) is 5.02 Å². The summed E-state index contributed by atoms with van der Waals surface area (Å²) in [7, 11) is 0. The van der Waals surface area contributed by atoms with Gasteiger partial charge in [-0.15, -0.1) is 0 Å². The maximum atomic E-state index is 12.8. The van der Waals surface area contributed by atoms with Crippen molar-refractivity contribution in [3.8, 4) is 5.75 Å². The number of amides is 1. The number of nitrogens with zero attached hydrogens (tertiary/aromatic N) is 1. The lowest BCUT2D eigenvalue weighted by atomic mass is 9.99. The van der Waals surface area contributed by atoms with E-state index in [0.29, 0.717) is 35.2 Å². The van der Waals surface area contributed by atoms with E-state index in [1.165, 1.54) is 11.2 Å². The van der Waals surface area contributed by atoms with Crippen molar-refractivity contribution < 1.29 is 23.8 Å². The lowest BCUT2D eigenvalue weighted by Gasteiger charge is -2.23. The van der Waals surface area contributed by atoms with Crippen LogP contribution in [0.4, 0.5) is 0 Å². The maximum Gasteiger partial charge on any atom is 0.295 e. The van der Waals surface area contributed by atoms with E-state index in [1.807, 2.05) is 13.8 Å². The van der Waals surface area contributed by atoms with Crippen LogP contribution in [0.5, 0.6) is 5.75 Å². The fourth-order valence-corrected chi connectivity index (χ4v) is 3.43. The fourth-order valence-electron chi connectivity index (χ4n) is 3.25. The number of ether oxygens (including phenoxy) is 1. The molecule has 0 radical (unpaired) electrons. The minimum absolute atomic E-state index is 0.000763. The molecule has 0 saturated carbocycles. The third-order valence-corrected chi connectivity index (χ3v) is 4.92. The van der Waals surface area contributed by atoms with Gasteiger partial charge >= 0.3 is 0 Å². The number of carbonyl (C=O) groups excluding carboxylic acids is 2. The number of benzene rings is 1. The molecule has 1 aromatic carbocycles. The Morgan fingerprint density at radius 3 is 2.71 bits per heavy atom. The van der Waals surface area contributed by atoms with Gasteiger partial charge < -0.3 is 19.2 Å². The molecule has 1 atom stereocenters. The number of likely N-dealkylation sites (tertiary alicyclic amines) is 1. The van der Waals surface area contributed by atoms with Crippen molar-refractivity contribution in [3.05, 3.63) is 58.5 Å². The van der Waals surface area contributed by atoms with Gasteiger partial charge in [0.2, 0.25) is 0 Å². The Morgan fingerprint density at radius 1 is 1.29 bits per heavy atom. The summed E-state index contributed by atoms with van der Waals surface area (Å²) in [6.07, 6.45) is 3.08. The molecule has 2 aromatic rings. The second-order valence-electron chi connectivity index (χ2n) is 6.44. The number of ketones is 1. The summed E-state index contributed by atoms with van der Waals surface area (Å²) in [5.41, 5.74) is 0.346. The first-order valence-electron chi connectivity index (χ1n) is 9.24. The lowest BCUT2D eigenvalue weighted by molar-refractivity contribution is -0.140. The Morgan fingerprint density at radius 2 is 2.07 bits per heavy atom. The molecule has 2 heterocycles. The Hall–Kier alpha value is -2.73. The SMILES string of the molecule is CCCCN1C(=O)C(=O)/C(=C(\O)c2ccc(Cl)c(OCC)c2)C1c1ccco1. The third-order valence-electron chi connectivity index (χ3n) is 4.61. The van der Waals surface area contributed by atoms with Crippen molar-refractivity contribution in [2.24, 2.45) is 0 Å². The highest BCUT2D eigenvalue weighted by molar-refractivity contribution is 6.46. The fraction of sp³-hybridized carbons (Fsp3) is 0.333. The number of unbranched alkanes of at least 4 members (excludes halogenated alkanes) is 1. The highest BCUT2D eigenvalue weighted by Gasteiger charge is 2.47. The second kappa shape index (κ2) is 8.52. The predicted molar refractivity (Wildman–Crippen MR) is 105 cm³/mol. The molecule has 1 aliphatic heterocycles. The summed E-state index contributed by atoms with van der Waals surface area (Å²) in [4.78, 5) is 26.9. The van der Waals surface area contributed by atoms with Gasteiger partial charge in [0.25, 0.3) is 11.7 Å². The van der Waals surface area contributed by atoms with Crippen LogP contribution in [0.25, 0.3) is 5.76 Å². The van der Waals surface area contributed by atoms with Crippen LogP contribution < -0.4 is 4.74 Å². The number of rotatable bonds is 7. The molecule has 0 bridgehead atoms. The first kappa shape index (κ1) is 20.0. The standard InChI is InChI=1S/C21H22ClNO5/c1-3-5-10-23-18(15-7-6-11-28-15)17(20(25)21(23)26)19(24)13-8-9-14(22)16(12-13)27-4-2/h6-9,11-12,18,24H,3-5,10H2,1-2H3/b19-17-. The van der Waals surface area contributed by atoms with Gasteiger partial charge in [0.1, 0.15) is 23.3 Å². The zero-order valence-corrected chi connectivity index (χ0v) is 16.5. The smallest absolute Gasteiger partial charge is 0.295 e. The first-order valence-corrected chi connectivity index (χ1v) is 9.61. The molecule has 1 amide bonds. The highest BCUT2D eigenvalue weighted by Crippen LogP contribution is 2.40. The van der Waals surface area contributed by atoms with E-state index in [9.17, 15) is 14.7 Å². The number of hydrogen-bond donors (Lipinski definition) is 1. The van der Waals surface area contributed by atoms with Crippen molar-refractivity contribution in [3.63, 3.8) is 0 Å². The zero-order chi connectivity index (χ0) is 20.3. The van der Waals surface area contributed by atoms with Gasteiger partial charge in [0, 0.05) is 12.1 Å². The van der Waals surface area contributed by atoms with E-state index in [-0.39, 0.29) is 11.3 Å². The number of halogens is 1. The van der Waals surface area contributed by atoms with Gasteiger partial charge in [-0.05, 0) is 43.7 Å². The van der Waals surface area contributed by atoms with E-state index in [0.717, 1.165) is 12.8 Å². The molecule has 0 spiro atoms. The molecule has 1 unspecified atom stereocenters. The number of carbonyl (C=O) groups is 2. The molecule has 3 rings (SSSR count). The molecule has 1 aliphatic rings. The highest BCUT2D eigenvalue weighted by atomic mass is 35.5. The van der Waals surface area contributed by atoms with E-state index >= 15 is 0 Å². The van der Waals surface area contributed by atoms with Crippen LogP contribution in [0, 0.1) is 0 Å². The molecular weight excluding hydrogens is 382 g/mol. The molecule has 1 saturated heterocycles. The summed E-state index contributed by atoms with van der Waals surface area (Å²) >= 11 is 6.11. The Balaban J connectivity index is 2.12. The average Bonchev–Trinajstić information content (AvgIpc) is 3.29. The Labute approximate surface area is 168 Å². The van der Waals surface area contributed by atoms with Crippen LogP contribution in [0.3, 0.4) is 0 Å². The molecular formula is C21H22ClNO5. The molecule has 6 nitrogen and oxygen atoms in total. The molecule has 148 valence electrons. The molecule has 1 aromatic heterocycles. The number of hydrogen-bond acceptors (Lipinski definition) is 5. The summed E-state index contributed by atoms with van der Waals surface area (Å²) in [5, 5.41) is 11.3. The average molecular weight is 404 g/mol. The van der Waals surface area contributed by atoms with Crippen LogP contribution in [0.15, 0.2) is 46.6 Å². The Kier molecular flexibility index (Phi) is 6.09. The van der Waals surface area contributed by atoms with Gasteiger partial charge in [-0.2, -0.15) is 0 Å². The summed E-state index contributed by atoms with van der Waals surface area (Å²) in [6, 6.07) is 7.32. The lowest BCUT2D eigenvalue weighted by Crippen LogP contribution is -2.30.